The number of nitrogens with zero attached hydrogens (tertiary/aromatic N) is 3. The summed E-state index contributed by atoms with van der Waals surface area (Å²) in [6.07, 6.45) is 0.627. The van der Waals surface area contributed by atoms with E-state index in [1.54, 1.807) is 30.3 Å². The maximum Gasteiger partial charge on any atom is 0.252 e. The van der Waals surface area contributed by atoms with Gasteiger partial charge in [-0.25, -0.2) is 18.2 Å². The molecule has 1 aliphatic heterocycles. The molecule has 2 aromatic carbocycles. The van der Waals surface area contributed by atoms with Crippen molar-refractivity contribution in [3.8, 4) is 0 Å². The third-order valence-electron chi connectivity index (χ3n) is 6.92. The molecule has 2 heterocycles. The fourth-order valence-electron chi connectivity index (χ4n) is 5.06. The fraction of sp³-hybridized carbons (Fsp3) is 0.286. The van der Waals surface area contributed by atoms with Crippen LogP contribution in [0.3, 0.4) is 0 Å². The molecule has 12 heteroatoms. The van der Waals surface area contributed by atoms with Gasteiger partial charge in [0.15, 0.2) is 0 Å². The Morgan fingerprint density at radius 2 is 1.88 bits per heavy atom. The minimum atomic E-state index is -2.89. The number of carbonyl (C=O) groups is 3. The van der Waals surface area contributed by atoms with E-state index in [9.17, 15) is 27.6 Å². The molecule has 3 aromatic rings. The number of pyridine rings is 1. The summed E-state index contributed by atoms with van der Waals surface area (Å²) in [6.45, 7) is 0. The average Bonchev–Trinajstić information content (AvgIpc) is 3.27. The lowest BCUT2D eigenvalue weighted by molar-refractivity contribution is -0.133. The number of nitrogens with one attached hydrogen (secondary N) is 1. The van der Waals surface area contributed by atoms with Crippen LogP contribution in [0, 0.1) is 9.39 Å². The second-order valence-electron chi connectivity index (χ2n) is 9.73. The van der Waals surface area contributed by atoms with E-state index in [0.29, 0.717) is 0 Å². The number of rotatable bonds is 7. The number of halogens is 5. The van der Waals surface area contributed by atoms with Gasteiger partial charge in [0.25, 0.3) is 11.8 Å². The van der Waals surface area contributed by atoms with E-state index < -0.39 is 54.5 Å². The van der Waals surface area contributed by atoms with E-state index in [-0.39, 0.29) is 40.8 Å². The Kier molecular flexibility index (Phi) is 8.05. The molecule has 0 spiro atoms. The van der Waals surface area contributed by atoms with E-state index in [0.717, 1.165) is 14.5 Å². The second kappa shape index (κ2) is 11.4. The Balaban J connectivity index is 1.60. The van der Waals surface area contributed by atoms with Gasteiger partial charge in [-0.05, 0) is 65.4 Å². The summed E-state index contributed by atoms with van der Waals surface area (Å²) < 4.78 is 42.4. The first-order valence-corrected chi connectivity index (χ1v) is 13.9. The van der Waals surface area contributed by atoms with Crippen LogP contribution in [0.15, 0.2) is 66.9 Å². The Morgan fingerprint density at radius 3 is 2.55 bits per heavy atom. The maximum atomic E-state index is 14.5. The van der Waals surface area contributed by atoms with Crippen LogP contribution in [0.5, 0.6) is 0 Å². The number of aromatic nitrogens is 1. The van der Waals surface area contributed by atoms with Crippen LogP contribution < -0.4 is 15.1 Å². The van der Waals surface area contributed by atoms with Gasteiger partial charge in [0.05, 0.1) is 0 Å². The lowest BCUT2D eigenvalue weighted by Crippen LogP contribution is -2.56. The number of amides is 3. The molecule has 2 atom stereocenters. The highest BCUT2D eigenvalue weighted by molar-refractivity contribution is 14.1. The molecule has 1 saturated heterocycles. The zero-order valence-corrected chi connectivity index (χ0v) is 23.8. The molecular formula is C28H23ClF3IN4O3. The quantitative estimate of drug-likeness (QED) is 0.326. The molecule has 0 unspecified atom stereocenters. The van der Waals surface area contributed by atoms with E-state index in [1.165, 1.54) is 35.4 Å². The van der Waals surface area contributed by atoms with Crippen LogP contribution in [0.4, 0.5) is 24.7 Å². The summed E-state index contributed by atoms with van der Waals surface area (Å²) in [5.74, 6) is -5.04. The highest BCUT2D eigenvalue weighted by Gasteiger charge is 2.48. The molecule has 1 aromatic heterocycles. The van der Waals surface area contributed by atoms with Gasteiger partial charge >= 0.3 is 0 Å². The largest absolute Gasteiger partial charge is 0.351 e. The van der Waals surface area contributed by atoms with Gasteiger partial charge < -0.3 is 5.32 Å². The van der Waals surface area contributed by atoms with E-state index >= 15 is 0 Å². The number of carbonyl (C=O) groups excluding carboxylic acids is 3. The number of hydrogen-bond donors (Lipinski definition) is 1. The highest BCUT2D eigenvalue weighted by Crippen LogP contribution is 2.39. The Morgan fingerprint density at radius 1 is 1.12 bits per heavy atom. The summed E-state index contributed by atoms with van der Waals surface area (Å²) in [7, 11) is 0. The fourth-order valence-corrected chi connectivity index (χ4v) is 5.74. The number of anilines is 2. The van der Waals surface area contributed by atoms with Crippen molar-refractivity contribution in [2.45, 2.75) is 49.7 Å². The summed E-state index contributed by atoms with van der Waals surface area (Å²) in [4.78, 5) is 47.8. The van der Waals surface area contributed by atoms with Crippen LogP contribution in [-0.2, 0) is 14.4 Å². The normalized spacial score (nSPS) is 19.2. The van der Waals surface area contributed by atoms with E-state index in [1.807, 2.05) is 0 Å². The van der Waals surface area contributed by atoms with Crippen molar-refractivity contribution in [3.63, 3.8) is 0 Å². The molecular weight excluding hydrogens is 660 g/mol. The van der Waals surface area contributed by atoms with Crippen molar-refractivity contribution >= 4 is 63.4 Å². The van der Waals surface area contributed by atoms with Crippen LogP contribution in [0.25, 0.3) is 0 Å². The molecule has 3 amide bonds. The molecule has 7 nitrogen and oxygen atoms in total. The van der Waals surface area contributed by atoms with Crippen molar-refractivity contribution in [3.05, 3.63) is 86.8 Å². The van der Waals surface area contributed by atoms with Crippen molar-refractivity contribution in [1.82, 2.24) is 10.3 Å². The SMILES string of the molecule is O=C(NC1CC(F)(F)C1)[C@H](c1ccccc1Cl)N(C(=O)[C@@H]1CCC(=O)N1c1cc(I)ccn1)c1cccc(F)c1. The lowest BCUT2D eigenvalue weighted by Gasteiger charge is -2.39. The first kappa shape index (κ1) is 28.3. The van der Waals surface area contributed by atoms with Crippen molar-refractivity contribution < 1.29 is 27.6 Å². The second-order valence-corrected chi connectivity index (χ2v) is 11.4. The first-order valence-electron chi connectivity index (χ1n) is 12.5. The van der Waals surface area contributed by atoms with Crippen molar-refractivity contribution in [2.75, 3.05) is 9.80 Å². The monoisotopic (exact) mass is 682 g/mol. The van der Waals surface area contributed by atoms with E-state index in [2.05, 4.69) is 32.9 Å². The molecule has 1 saturated carbocycles. The highest BCUT2D eigenvalue weighted by atomic mass is 127. The summed E-state index contributed by atoms with van der Waals surface area (Å²) >= 11 is 8.56. The number of alkyl halides is 2. The van der Waals surface area contributed by atoms with Gasteiger partial charge in [0.2, 0.25) is 11.8 Å². The Hall–Kier alpha value is -3.19. The minimum absolute atomic E-state index is 0.0407. The van der Waals surface area contributed by atoms with Crippen molar-refractivity contribution in [1.29, 1.82) is 0 Å². The number of hydrogen-bond acceptors (Lipinski definition) is 4. The van der Waals surface area contributed by atoms with Crippen LogP contribution in [0.2, 0.25) is 5.02 Å². The summed E-state index contributed by atoms with van der Waals surface area (Å²) in [6, 6.07) is 11.5. The predicted molar refractivity (Wildman–Crippen MR) is 152 cm³/mol. The zero-order valence-electron chi connectivity index (χ0n) is 20.9. The van der Waals surface area contributed by atoms with Gasteiger partial charge in [-0.15, -0.1) is 0 Å². The van der Waals surface area contributed by atoms with Gasteiger partial charge in [-0.3, -0.25) is 24.2 Å². The van der Waals surface area contributed by atoms with Crippen LogP contribution in [0.1, 0.15) is 37.3 Å². The molecule has 0 radical (unpaired) electrons. The van der Waals surface area contributed by atoms with Crippen LogP contribution in [-0.4, -0.2) is 40.7 Å². The third-order valence-corrected chi connectivity index (χ3v) is 7.93. The molecule has 1 N–H and O–H groups in total. The molecule has 0 bridgehead atoms. The molecule has 2 aliphatic rings. The summed E-state index contributed by atoms with van der Waals surface area (Å²) in [5.41, 5.74) is 0.257. The maximum absolute atomic E-state index is 14.5. The van der Waals surface area contributed by atoms with Crippen LogP contribution >= 0.6 is 34.2 Å². The van der Waals surface area contributed by atoms with Gasteiger partial charge in [-0.1, -0.05) is 35.9 Å². The van der Waals surface area contributed by atoms with Gasteiger partial charge in [-0.2, -0.15) is 0 Å². The molecule has 5 rings (SSSR count). The van der Waals surface area contributed by atoms with E-state index in [4.69, 9.17) is 11.6 Å². The van der Waals surface area contributed by atoms with Gasteiger partial charge in [0.1, 0.15) is 23.7 Å². The minimum Gasteiger partial charge on any atom is -0.351 e. The molecule has 1 aliphatic carbocycles. The predicted octanol–water partition coefficient (Wildman–Crippen LogP) is 5.66. The first-order chi connectivity index (χ1) is 19.0. The zero-order chi connectivity index (χ0) is 28.6. The average molecular weight is 683 g/mol. The standard InChI is InChI=1S/C28H23ClF3IN4O3/c29-21-7-2-1-6-20(21)25(26(39)35-18-14-28(31,32)15-18)36(19-5-3-4-16(30)12-19)27(40)22-8-9-24(38)37(22)23-13-17(33)10-11-34-23/h1-7,10-13,18,22,25H,8-9,14-15H2,(H,35,39)/t22-,25-/m0/s1. The topological polar surface area (TPSA) is 82.6 Å². The third kappa shape index (κ3) is 5.80. The smallest absolute Gasteiger partial charge is 0.252 e. The Bertz CT molecular complexity index is 1470. The summed E-state index contributed by atoms with van der Waals surface area (Å²) in [5, 5.41) is 2.76. The Labute approximate surface area is 246 Å². The molecule has 2 fully saturated rings. The lowest BCUT2D eigenvalue weighted by atomic mass is 9.87. The molecule has 40 heavy (non-hydrogen) atoms. The molecule has 208 valence electrons. The van der Waals surface area contributed by atoms with Crippen molar-refractivity contribution in [2.24, 2.45) is 0 Å². The van der Waals surface area contributed by atoms with Gasteiger partial charge in [0, 0.05) is 51.3 Å². The number of benzene rings is 2.